The van der Waals surface area contributed by atoms with Crippen LogP contribution in [0.3, 0.4) is 0 Å². The number of carboxylic acid groups (broad SMARTS) is 1. The first-order valence-electron chi connectivity index (χ1n) is 11.1. The lowest BCUT2D eigenvalue weighted by atomic mass is 9.98. The number of rotatable bonds is 7. The number of alkyl carbamates (subject to hydrolysis) is 1. The molecule has 0 aromatic heterocycles. The van der Waals surface area contributed by atoms with Gasteiger partial charge in [0.25, 0.3) is 5.91 Å². The monoisotopic (exact) mass is 452 g/mol. The smallest absolute Gasteiger partial charge is 0.407 e. The molecule has 1 aliphatic heterocycles. The van der Waals surface area contributed by atoms with Gasteiger partial charge in [-0.2, -0.15) is 0 Å². The molecular weight excluding hydrogens is 424 g/mol. The number of ether oxygens (including phenoxy) is 2. The van der Waals surface area contributed by atoms with Gasteiger partial charge >= 0.3 is 12.1 Å². The number of fused-ring (bicyclic) bond motifs is 3. The number of nitrogens with one attached hydrogen (secondary N) is 2. The Bertz CT molecular complexity index is 1010. The van der Waals surface area contributed by atoms with Gasteiger partial charge < -0.3 is 25.2 Å². The highest BCUT2D eigenvalue weighted by atomic mass is 16.6. The Kier molecular flexibility index (Phi) is 6.65. The van der Waals surface area contributed by atoms with Gasteiger partial charge in [0.1, 0.15) is 12.6 Å². The van der Waals surface area contributed by atoms with Crippen LogP contribution in [0, 0.1) is 5.92 Å². The van der Waals surface area contributed by atoms with Gasteiger partial charge in [0.15, 0.2) is 6.10 Å². The Hall–Kier alpha value is -3.39. The molecule has 0 radical (unpaired) electrons. The number of aliphatic carboxylic acids is 1. The van der Waals surface area contributed by atoms with Gasteiger partial charge in [-0.05, 0) is 34.6 Å². The Morgan fingerprint density at radius 1 is 1.06 bits per heavy atom. The molecule has 2 aromatic rings. The highest BCUT2D eigenvalue weighted by Gasteiger charge is 2.38. The maximum atomic E-state index is 12.6. The molecular formula is C25H28N2O6. The Morgan fingerprint density at radius 3 is 2.24 bits per heavy atom. The summed E-state index contributed by atoms with van der Waals surface area (Å²) in [5.41, 5.74) is 4.50. The van der Waals surface area contributed by atoms with Crippen LogP contribution in [0.15, 0.2) is 48.5 Å². The summed E-state index contributed by atoms with van der Waals surface area (Å²) in [6, 6.07) is 14.5. The second kappa shape index (κ2) is 9.62. The lowest BCUT2D eigenvalue weighted by Gasteiger charge is -2.23. The molecule has 3 N–H and O–H groups in total. The fraction of sp³-hybridized carbons (Fsp3) is 0.400. The van der Waals surface area contributed by atoms with Crippen molar-refractivity contribution < 1.29 is 29.0 Å². The first-order chi connectivity index (χ1) is 15.9. The third kappa shape index (κ3) is 4.71. The van der Waals surface area contributed by atoms with Crippen molar-refractivity contribution in [1.82, 2.24) is 10.6 Å². The molecule has 2 aromatic carbocycles. The molecule has 0 bridgehead atoms. The number of carbonyl (C=O) groups is 3. The standard InChI is InChI=1S/C25H28N2O6/c1-14(2)21(24(29)30)27-23(28)22-20(11-12-32-22)26-25(31)33-13-19-17-9-5-3-7-15(17)16-8-4-6-10-18(16)19/h3-10,14,19-22H,11-13H2,1-2H3,(H,26,31)(H,27,28)(H,29,30)/t20?,21-,22?/m0/s1. The van der Waals surface area contributed by atoms with E-state index in [-0.39, 0.29) is 25.0 Å². The lowest BCUT2D eigenvalue weighted by molar-refractivity contribution is -0.145. The minimum absolute atomic E-state index is 0.0653. The fourth-order valence-electron chi connectivity index (χ4n) is 4.54. The average Bonchev–Trinajstić information content (AvgIpc) is 3.38. The van der Waals surface area contributed by atoms with Gasteiger partial charge in [0.2, 0.25) is 0 Å². The van der Waals surface area contributed by atoms with Crippen LogP contribution in [0.4, 0.5) is 4.79 Å². The zero-order valence-corrected chi connectivity index (χ0v) is 18.6. The first-order valence-corrected chi connectivity index (χ1v) is 11.1. The molecule has 8 heteroatoms. The Morgan fingerprint density at radius 2 is 1.67 bits per heavy atom. The maximum Gasteiger partial charge on any atom is 0.407 e. The molecule has 0 spiro atoms. The van der Waals surface area contributed by atoms with Gasteiger partial charge in [0, 0.05) is 12.5 Å². The van der Waals surface area contributed by atoms with Crippen LogP contribution >= 0.6 is 0 Å². The van der Waals surface area contributed by atoms with E-state index in [4.69, 9.17) is 9.47 Å². The number of carbonyl (C=O) groups excluding carboxylic acids is 2. The van der Waals surface area contributed by atoms with Gasteiger partial charge in [0.05, 0.1) is 6.04 Å². The van der Waals surface area contributed by atoms with Gasteiger partial charge in [-0.25, -0.2) is 9.59 Å². The summed E-state index contributed by atoms with van der Waals surface area (Å²) in [5, 5.41) is 14.5. The predicted molar refractivity (Wildman–Crippen MR) is 121 cm³/mol. The fourth-order valence-corrected chi connectivity index (χ4v) is 4.54. The molecule has 1 fully saturated rings. The molecule has 4 rings (SSSR count). The summed E-state index contributed by atoms with van der Waals surface area (Å²) in [4.78, 5) is 36.6. The van der Waals surface area contributed by atoms with E-state index < -0.39 is 36.2 Å². The van der Waals surface area contributed by atoms with Crippen molar-refractivity contribution in [2.24, 2.45) is 5.92 Å². The number of amides is 2. The highest BCUT2D eigenvalue weighted by molar-refractivity contribution is 5.87. The largest absolute Gasteiger partial charge is 0.480 e. The number of hydrogen-bond donors (Lipinski definition) is 3. The predicted octanol–water partition coefficient (Wildman–Crippen LogP) is 2.91. The van der Waals surface area contributed by atoms with E-state index in [1.54, 1.807) is 13.8 Å². The van der Waals surface area contributed by atoms with Crippen LogP contribution in [0.2, 0.25) is 0 Å². The Balaban J connectivity index is 1.37. The van der Waals surface area contributed by atoms with Gasteiger partial charge in [-0.3, -0.25) is 4.79 Å². The minimum atomic E-state index is -1.11. The van der Waals surface area contributed by atoms with Crippen molar-refractivity contribution in [3.05, 3.63) is 59.7 Å². The van der Waals surface area contributed by atoms with Gasteiger partial charge in [-0.15, -0.1) is 0 Å². The van der Waals surface area contributed by atoms with E-state index in [9.17, 15) is 19.5 Å². The van der Waals surface area contributed by atoms with Crippen LogP contribution in [-0.2, 0) is 19.1 Å². The van der Waals surface area contributed by atoms with Crippen LogP contribution in [0.1, 0.15) is 37.3 Å². The molecule has 33 heavy (non-hydrogen) atoms. The maximum absolute atomic E-state index is 12.6. The number of carboxylic acids is 1. The summed E-state index contributed by atoms with van der Waals surface area (Å²) in [6.07, 6.45) is -1.17. The summed E-state index contributed by atoms with van der Waals surface area (Å²) >= 11 is 0. The van der Waals surface area contributed by atoms with E-state index >= 15 is 0 Å². The van der Waals surface area contributed by atoms with Gasteiger partial charge in [-0.1, -0.05) is 62.4 Å². The Labute approximate surface area is 192 Å². The van der Waals surface area contributed by atoms with Crippen molar-refractivity contribution in [1.29, 1.82) is 0 Å². The van der Waals surface area contributed by atoms with Crippen molar-refractivity contribution in [2.75, 3.05) is 13.2 Å². The molecule has 1 heterocycles. The van der Waals surface area contributed by atoms with E-state index in [2.05, 4.69) is 22.8 Å². The first kappa shape index (κ1) is 22.8. The molecule has 2 unspecified atom stereocenters. The summed E-state index contributed by atoms with van der Waals surface area (Å²) in [6.45, 7) is 3.87. The summed E-state index contributed by atoms with van der Waals surface area (Å²) in [7, 11) is 0. The summed E-state index contributed by atoms with van der Waals surface area (Å²) < 4.78 is 11.0. The highest BCUT2D eigenvalue weighted by Crippen LogP contribution is 2.44. The average molecular weight is 453 g/mol. The van der Waals surface area contributed by atoms with Crippen molar-refractivity contribution in [3.8, 4) is 11.1 Å². The van der Waals surface area contributed by atoms with Crippen LogP contribution in [0.25, 0.3) is 11.1 Å². The van der Waals surface area contributed by atoms with E-state index in [0.29, 0.717) is 6.42 Å². The topological polar surface area (TPSA) is 114 Å². The number of benzene rings is 2. The van der Waals surface area contributed by atoms with E-state index in [1.165, 1.54) is 0 Å². The zero-order valence-electron chi connectivity index (χ0n) is 18.6. The second-order valence-corrected chi connectivity index (χ2v) is 8.72. The second-order valence-electron chi connectivity index (χ2n) is 8.72. The van der Waals surface area contributed by atoms with Crippen LogP contribution < -0.4 is 10.6 Å². The van der Waals surface area contributed by atoms with E-state index in [1.807, 2.05) is 36.4 Å². The molecule has 174 valence electrons. The molecule has 2 amide bonds. The molecule has 8 nitrogen and oxygen atoms in total. The normalized spacial score (nSPS) is 20.1. The van der Waals surface area contributed by atoms with Crippen molar-refractivity contribution in [3.63, 3.8) is 0 Å². The van der Waals surface area contributed by atoms with Crippen LogP contribution in [0.5, 0.6) is 0 Å². The molecule has 3 atom stereocenters. The third-order valence-corrected chi connectivity index (χ3v) is 6.23. The number of hydrogen-bond acceptors (Lipinski definition) is 5. The molecule has 1 aliphatic carbocycles. The van der Waals surface area contributed by atoms with Crippen molar-refractivity contribution >= 4 is 18.0 Å². The molecule has 2 aliphatic rings. The quantitative estimate of drug-likeness (QED) is 0.595. The third-order valence-electron chi connectivity index (χ3n) is 6.23. The van der Waals surface area contributed by atoms with E-state index in [0.717, 1.165) is 22.3 Å². The SMILES string of the molecule is CC(C)[C@H](NC(=O)C1OCCC1NC(=O)OCC1c2ccccc2-c2ccccc21)C(=O)O. The van der Waals surface area contributed by atoms with Crippen LogP contribution in [-0.4, -0.2) is 54.5 Å². The molecule has 1 saturated heterocycles. The minimum Gasteiger partial charge on any atom is -0.480 e. The summed E-state index contributed by atoms with van der Waals surface area (Å²) in [5.74, 6) is -2.03. The van der Waals surface area contributed by atoms with Crippen molar-refractivity contribution in [2.45, 2.75) is 44.4 Å². The molecule has 0 saturated carbocycles. The lowest BCUT2D eigenvalue weighted by Crippen LogP contribution is -2.53. The zero-order chi connectivity index (χ0) is 23.5.